The zero-order valence-corrected chi connectivity index (χ0v) is 46.2. The third-order valence-electron chi connectivity index (χ3n) is 15.2. The lowest BCUT2D eigenvalue weighted by molar-refractivity contribution is 0.304. The summed E-state index contributed by atoms with van der Waals surface area (Å²) in [6.45, 7) is 6.20. The summed E-state index contributed by atoms with van der Waals surface area (Å²) in [5, 5.41) is 5.05. The molecular weight excluding hydrogens is 873 g/mol. The lowest BCUT2D eigenvalue weighted by Crippen LogP contribution is -1.97. The van der Waals surface area contributed by atoms with Crippen LogP contribution in [0.15, 0.2) is 97.1 Å². The summed E-state index contributed by atoms with van der Waals surface area (Å²) in [6.07, 6.45) is 59.4. The van der Waals surface area contributed by atoms with E-state index in [2.05, 4.69) is 135 Å². The Morgan fingerprint density at radius 1 is 0.250 bits per heavy atom. The molecule has 0 N–H and O–H groups in total. The normalized spacial score (nSPS) is 11.8. The molecule has 2 nitrogen and oxygen atoms in total. The van der Waals surface area contributed by atoms with Crippen molar-refractivity contribution in [2.75, 3.05) is 13.2 Å². The van der Waals surface area contributed by atoms with E-state index in [0.717, 1.165) is 37.6 Å². The molecule has 0 aromatic heterocycles. The number of hydrogen-bond acceptors (Lipinski definition) is 2. The maximum Gasteiger partial charge on any atom is 0.119 e. The third kappa shape index (κ3) is 24.6. The Morgan fingerprint density at radius 3 is 0.708 bits per heavy atom. The van der Waals surface area contributed by atoms with Gasteiger partial charge in [-0.25, -0.2) is 0 Å². The van der Waals surface area contributed by atoms with Gasteiger partial charge in [0.1, 0.15) is 11.5 Å². The van der Waals surface area contributed by atoms with Gasteiger partial charge in [-0.05, 0) is 80.9 Å². The fraction of sp³-hybridized carbons (Fsp3) is 0.571. The Kier molecular flexibility index (Phi) is 31.9. The van der Waals surface area contributed by atoms with Gasteiger partial charge in [-0.2, -0.15) is 0 Å². The lowest BCUT2D eigenvalue weighted by Gasteiger charge is -2.13. The maximum atomic E-state index is 6.16. The number of hydrogen-bond donors (Lipinski definition) is 0. The van der Waals surface area contributed by atoms with Crippen molar-refractivity contribution in [3.63, 3.8) is 0 Å². The average molecular weight is 976 g/mol. The number of unbranched alkanes of at least 4 members (excludes halogenated alkanes) is 34. The molecule has 2 heteroatoms. The molecule has 0 heterocycles. The molecule has 72 heavy (non-hydrogen) atoms. The fourth-order valence-electron chi connectivity index (χ4n) is 10.7. The van der Waals surface area contributed by atoms with Crippen LogP contribution in [-0.4, -0.2) is 13.2 Å². The van der Waals surface area contributed by atoms with Crippen molar-refractivity contribution in [3.05, 3.63) is 119 Å². The van der Waals surface area contributed by atoms with E-state index in [1.165, 1.54) is 262 Å². The van der Waals surface area contributed by atoms with E-state index >= 15 is 0 Å². The highest BCUT2D eigenvalue weighted by molar-refractivity contribution is 6.14. The molecule has 394 valence electrons. The van der Waals surface area contributed by atoms with Crippen LogP contribution in [0.1, 0.15) is 267 Å². The number of benzene rings is 5. The minimum atomic E-state index is 0.798. The predicted molar refractivity (Wildman–Crippen MR) is 321 cm³/mol. The molecule has 0 unspecified atom stereocenters. The van der Waals surface area contributed by atoms with Crippen molar-refractivity contribution in [2.24, 2.45) is 0 Å². The largest absolute Gasteiger partial charge is 0.494 e. The third-order valence-corrected chi connectivity index (χ3v) is 15.2. The first kappa shape index (κ1) is 58.6. The average Bonchev–Trinajstić information content (AvgIpc) is 3.41. The molecule has 0 aliphatic heterocycles. The van der Waals surface area contributed by atoms with Crippen LogP contribution < -0.4 is 9.47 Å². The van der Waals surface area contributed by atoms with Crippen molar-refractivity contribution < 1.29 is 9.47 Å². The van der Waals surface area contributed by atoms with Crippen LogP contribution in [0.5, 0.6) is 11.5 Å². The van der Waals surface area contributed by atoms with E-state index in [-0.39, 0.29) is 0 Å². The summed E-state index contributed by atoms with van der Waals surface area (Å²) in [5.41, 5.74) is 4.86. The number of rotatable bonds is 44. The smallest absolute Gasteiger partial charge is 0.119 e. The molecule has 0 spiro atoms. The highest BCUT2D eigenvalue weighted by Crippen LogP contribution is 2.36. The Balaban J connectivity index is 0.952. The first-order chi connectivity index (χ1) is 35.8. The van der Waals surface area contributed by atoms with Crippen molar-refractivity contribution in [1.82, 2.24) is 0 Å². The second kappa shape index (κ2) is 39.2. The van der Waals surface area contributed by atoms with Gasteiger partial charge in [0.2, 0.25) is 0 Å². The van der Waals surface area contributed by atoms with Gasteiger partial charge in [-0.1, -0.05) is 329 Å². The number of fused-ring (bicyclic) bond motifs is 2. The van der Waals surface area contributed by atoms with E-state index in [1.807, 2.05) is 0 Å². The van der Waals surface area contributed by atoms with E-state index in [1.54, 1.807) is 0 Å². The first-order valence-electron chi connectivity index (χ1n) is 30.5. The summed E-state index contributed by atoms with van der Waals surface area (Å²) in [6, 6.07) is 34.9. The Hall–Kier alpha value is -4.30. The van der Waals surface area contributed by atoms with Crippen LogP contribution in [0.25, 0.3) is 45.8 Å². The van der Waals surface area contributed by atoms with Crippen molar-refractivity contribution >= 4 is 45.8 Å². The van der Waals surface area contributed by atoms with Crippen LogP contribution in [0.4, 0.5) is 0 Å². The molecule has 0 atom stereocenters. The van der Waals surface area contributed by atoms with Gasteiger partial charge in [0, 0.05) is 0 Å². The molecule has 0 saturated carbocycles. The van der Waals surface area contributed by atoms with E-state index in [4.69, 9.17) is 9.47 Å². The summed E-state index contributed by atoms with van der Waals surface area (Å²) < 4.78 is 12.3. The summed E-state index contributed by atoms with van der Waals surface area (Å²) in [4.78, 5) is 0. The van der Waals surface area contributed by atoms with Gasteiger partial charge in [0.05, 0.1) is 13.2 Å². The standard InChI is InChI=1S/C70H102O2/c1-3-5-7-9-11-13-15-17-19-21-23-25-27-29-31-33-35-41-59-71-63-53-47-61(48-54-63)51-57-69-65-43-37-39-45-67(65)70(68-46-40-38-44-66(68)69)58-52-62-49-55-64(56-50-62)72-60-42-36-34-32-30-28-26-24-22-20-18-16-14-12-10-8-6-4-2/h37-40,43-58H,3-36,41-42,59-60H2,1-2H3/b57-51+,58-52+. The summed E-state index contributed by atoms with van der Waals surface area (Å²) in [5.74, 6) is 1.92. The molecule has 0 radical (unpaired) electrons. The molecule has 0 aliphatic carbocycles. The van der Waals surface area contributed by atoms with Gasteiger partial charge in [0.25, 0.3) is 0 Å². The molecule has 5 aromatic carbocycles. The minimum absolute atomic E-state index is 0.798. The monoisotopic (exact) mass is 975 g/mol. The van der Waals surface area contributed by atoms with E-state index in [9.17, 15) is 0 Å². The lowest BCUT2D eigenvalue weighted by atomic mass is 9.91. The number of ether oxygens (including phenoxy) is 2. The van der Waals surface area contributed by atoms with Crippen molar-refractivity contribution in [1.29, 1.82) is 0 Å². The van der Waals surface area contributed by atoms with Gasteiger partial charge in [0.15, 0.2) is 0 Å². The Labute approximate surface area is 442 Å². The molecular formula is C70H102O2. The molecule has 5 aromatic rings. The first-order valence-corrected chi connectivity index (χ1v) is 30.5. The van der Waals surface area contributed by atoms with Crippen LogP contribution in [0.2, 0.25) is 0 Å². The van der Waals surface area contributed by atoms with Gasteiger partial charge >= 0.3 is 0 Å². The topological polar surface area (TPSA) is 18.5 Å². The quantitative estimate of drug-likeness (QED) is 0.0220. The summed E-state index contributed by atoms with van der Waals surface area (Å²) in [7, 11) is 0. The van der Waals surface area contributed by atoms with Gasteiger partial charge in [-0.15, -0.1) is 0 Å². The van der Waals surface area contributed by atoms with Crippen LogP contribution in [0.3, 0.4) is 0 Å². The van der Waals surface area contributed by atoms with Crippen LogP contribution >= 0.6 is 0 Å². The molecule has 0 bridgehead atoms. The molecule has 5 rings (SSSR count). The molecule has 0 aliphatic rings. The molecule has 0 fully saturated rings. The van der Waals surface area contributed by atoms with Gasteiger partial charge < -0.3 is 9.47 Å². The zero-order valence-electron chi connectivity index (χ0n) is 46.2. The SMILES string of the molecule is CCCCCCCCCCCCCCCCCCCCOc1ccc(/C=C/c2c3ccccc3c(/C=C/c3ccc(OCCCCCCCCCCCCCCCCCCCC)cc3)c3ccccc23)cc1. The molecule has 0 saturated heterocycles. The Morgan fingerprint density at radius 2 is 0.472 bits per heavy atom. The summed E-state index contributed by atoms with van der Waals surface area (Å²) >= 11 is 0. The van der Waals surface area contributed by atoms with Crippen molar-refractivity contribution in [2.45, 2.75) is 245 Å². The highest BCUT2D eigenvalue weighted by Gasteiger charge is 2.11. The Bertz CT molecular complexity index is 1930. The fourth-order valence-corrected chi connectivity index (χ4v) is 10.7. The molecule has 0 amide bonds. The van der Waals surface area contributed by atoms with Crippen molar-refractivity contribution in [3.8, 4) is 11.5 Å². The predicted octanol–water partition coefficient (Wildman–Crippen LogP) is 23.2. The minimum Gasteiger partial charge on any atom is -0.494 e. The van der Waals surface area contributed by atoms with Crippen LogP contribution in [0, 0.1) is 0 Å². The van der Waals surface area contributed by atoms with E-state index in [0.29, 0.717) is 0 Å². The second-order valence-corrected chi connectivity index (χ2v) is 21.4. The highest BCUT2D eigenvalue weighted by atomic mass is 16.5. The van der Waals surface area contributed by atoms with Gasteiger partial charge in [-0.3, -0.25) is 0 Å². The maximum absolute atomic E-state index is 6.16. The zero-order chi connectivity index (χ0) is 50.2. The van der Waals surface area contributed by atoms with E-state index < -0.39 is 0 Å². The second-order valence-electron chi connectivity index (χ2n) is 21.4. The van der Waals surface area contributed by atoms with Crippen LogP contribution in [-0.2, 0) is 0 Å².